The fourth-order valence-electron chi connectivity index (χ4n) is 1.67. The van der Waals surface area contributed by atoms with Gasteiger partial charge in [0, 0.05) is 26.1 Å². The van der Waals surface area contributed by atoms with Crippen molar-refractivity contribution in [3.05, 3.63) is 53.7 Å². The quantitative estimate of drug-likeness (QED) is 0.736. The maximum absolute atomic E-state index is 5.42. The molecular formula is C13H17N3O. The lowest BCUT2D eigenvalue weighted by atomic mass is 10.1. The van der Waals surface area contributed by atoms with Crippen molar-refractivity contribution in [2.75, 3.05) is 13.1 Å². The summed E-state index contributed by atoms with van der Waals surface area (Å²) in [6, 6.07) is 10.2. The van der Waals surface area contributed by atoms with Crippen molar-refractivity contribution >= 4 is 0 Å². The first-order valence-corrected chi connectivity index (χ1v) is 5.76. The lowest BCUT2D eigenvalue weighted by Crippen LogP contribution is -2.22. The maximum atomic E-state index is 5.42. The zero-order valence-corrected chi connectivity index (χ0v) is 9.73. The van der Waals surface area contributed by atoms with Crippen molar-refractivity contribution in [2.24, 2.45) is 5.73 Å². The zero-order chi connectivity index (χ0) is 11.9. The zero-order valence-electron chi connectivity index (χ0n) is 9.73. The van der Waals surface area contributed by atoms with Gasteiger partial charge < -0.3 is 15.5 Å². The van der Waals surface area contributed by atoms with Crippen LogP contribution in [0.25, 0.3) is 0 Å². The van der Waals surface area contributed by atoms with Crippen LogP contribution in [0.5, 0.6) is 0 Å². The molecule has 0 saturated carbocycles. The van der Waals surface area contributed by atoms with Gasteiger partial charge in [0.1, 0.15) is 5.76 Å². The molecule has 0 saturated heterocycles. The first kappa shape index (κ1) is 11.8. The van der Waals surface area contributed by atoms with Gasteiger partial charge in [-0.25, -0.2) is 4.98 Å². The van der Waals surface area contributed by atoms with Gasteiger partial charge in [0.2, 0.25) is 0 Å². The largest absolute Gasteiger partial charge is 0.448 e. The predicted octanol–water partition coefficient (Wildman–Crippen LogP) is 1.31. The molecule has 1 heterocycles. The summed E-state index contributed by atoms with van der Waals surface area (Å²) in [7, 11) is 0. The van der Waals surface area contributed by atoms with E-state index >= 15 is 0 Å². The van der Waals surface area contributed by atoms with Crippen LogP contribution in [0.4, 0.5) is 0 Å². The third kappa shape index (κ3) is 3.41. The highest BCUT2D eigenvalue weighted by Crippen LogP contribution is 2.12. The first-order valence-electron chi connectivity index (χ1n) is 5.76. The van der Waals surface area contributed by atoms with E-state index in [0.29, 0.717) is 13.1 Å². The topological polar surface area (TPSA) is 64.1 Å². The van der Waals surface area contributed by atoms with Crippen LogP contribution in [0.3, 0.4) is 0 Å². The molecule has 0 unspecified atom stereocenters. The lowest BCUT2D eigenvalue weighted by Gasteiger charge is -2.03. The van der Waals surface area contributed by atoms with Gasteiger partial charge in [0.05, 0.1) is 5.69 Å². The van der Waals surface area contributed by atoms with E-state index in [1.807, 2.05) is 18.2 Å². The Morgan fingerprint density at radius 2 is 2.06 bits per heavy atom. The summed E-state index contributed by atoms with van der Waals surface area (Å²) in [5.74, 6) is 0.917. The number of aromatic nitrogens is 1. The van der Waals surface area contributed by atoms with Gasteiger partial charge in [0.15, 0.2) is 6.39 Å². The molecule has 0 aliphatic rings. The Hall–Kier alpha value is -1.65. The average Bonchev–Trinajstić information content (AvgIpc) is 2.79. The molecule has 0 aliphatic heterocycles. The Morgan fingerprint density at radius 3 is 2.82 bits per heavy atom. The molecule has 0 fully saturated rings. The number of hydrogen-bond acceptors (Lipinski definition) is 4. The van der Waals surface area contributed by atoms with E-state index in [1.54, 1.807) is 0 Å². The van der Waals surface area contributed by atoms with Crippen LogP contribution in [0.1, 0.15) is 17.0 Å². The van der Waals surface area contributed by atoms with Crippen LogP contribution in [0.2, 0.25) is 0 Å². The minimum Gasteiger partial charge on any atom is -0.448 e. The summed E-state index contributed by atoms with van der Waals surface area (Å²) in [6.45, 7) is 2.12. The second-order valence-electron chi connectivity index (χ2n) is 3.85. The fraction of sp³-hybridized carbons (Fsp3) is 0.308. The molecule has 3 N–H and O–H groups in total. The Labute approximate surface area is 101 Å². The van der Waals surface area contributed by atoms with Crippen molar-refractivity contribution in [3.8, 4) is 0 Å². The molecule has 90 valence electrons. The maximum Gasteiger partial charge on any atom is 0.181 e. The third-order valence-corrected chi connectivity index (χ3v) is 2.55. The van der Waals surface area contributed by atoms with Crippen LogP contribution in [0, 0.1) is 0 Å². The van der Waals surface area contributed by atoms with Crippen LogP contribution in [-0.2, 0) is 13.0 Å². The predicted molar refractivity (Wildman–Crippen MR) is 66.5 cm³/mol. The summed E-state index contributed by atoms with van der Waals surface area (Å²) in [6.07, 6.45) is 2.28. The number of oxazole rings is 1. The summed E-state index contributed by atoms with van der Waals surface area (Å²) in [4.78, 5) is 4.21. The Balaban J connectivity index is 1.99. The van der Waals surface area contributed by atoms with Crippen LogP contribution >= 0.6 is 0 Å². The summed E-state index contributed by atoms with van der Waals surface area (Å²) in [5, 5.41) is 3.22. The SMILES string of the molecule is NCCNCc1ncoc1Cc1ccccc1. The molecule has 2 aromatic rings. The molecule has 0 atom stereocenters. The van der Waals surface area contributed by atoms with Crippen molar-refractivity contribution in [1.82, 2.24) is 10.3 Å². The molecular weight excluding hydrogens is 214 g/mol. The van der Waals surface area contributed by atoms with E-state index in [1.165, 1.54) is 12.0 Å². The molecule has 4 nitrogen and oxygen atoms in total. The van der Waals surface area contributed by atoms with Crippen molar-refractivity contribution < 1.29 is 4.42 Å². The Morgan fingerprint density at radius 1 is 1.24 bits per heavy atom. The molecule has 1 aromatic carbocycles. The molecule has 2 rings (SSSR count). The van der Waals surface area contributed by atoms with Crippen molar-refractivity contribution in [2.45, 2.75) is 13.0 Å². The number of nitrogens with two attached hydrogens (primary N) is 1. The van der Waals surface area contributed by atoms with Crippen molar-refractivity contribution in [1.29, 1.82) is 0 Å². The lowest BCUT2D eigenvalue weighted by molar-refractivity contribution is 0.509. The highest BCUT2D eigenvalue weighted by Gasteiger charge is 2.08. The average molecular weight is 231 g/mol. The van der Waals surface area contributed by atoms with E-state index in [-0.39, 0.29) is 0 Å². The second kappa shape index (κ2) is 6.18. The monoisotopic (exact) mass is 231 g/mol. The van der Waals surface area contributed by atoms with Gasteiger partial charge >= 0.3 is 0 Å². The van der Waals surface area contributed by atoms with Gasteiger partial charge in [-0.3, -0.25) is 0 Å². The minimum absolute atomic E-state index is 0.631. The summed E-state index contributed by atoms with van der Waals surface area (Å²) in [5.41, 5.74) is 7.61. The Kier molecular flexibility index (Phi) is 4.30. The molecule has 0 bridgehead atoms. The molecule has 4 heteroatoms. The molecule has 0 aliphatic carbocycles. The number of benzene rings is 1. The van der Waals surface area contributed by atoms with E-state index in [0.717, 1.165) is 24.4 Å². The minimum atomic E-state index is 0.631. The number of hydrogen-bond donors (Lipinski definition) is 2. The second-order valence-corrected chi connectivity index (χ2v) is 3.85. The number of nitrogens with zero attached hydrogens (tertiary/aromatic N) is 1. The van der Waals surface area contributed by atoms with Gasteiger partial charge in [-0.1, -0.05) is 30.3 Å². The normalized spacial score (nSPS) is 10.6. The smallest absolute Gasteiger partial charge is 0.181 e. The van der Waals surface area contributed by atoms with E-state index in [9.17, 15) is 0 Å². The van der Waals surface area contributed by atoms with E-state index in [4.69, 9.17) is 10.2 Å². The van der Waals surface area contributed by atoms with Gasteiger partial charge in [-0.2, -0.15) is 0 Å². The standard InChI is InChI=1S/C13H17N3O/c14-6-7-15-9-12-13(17-10-16-12)8-11-4-2-1-3-5-11/h1-5,10,15H,6-9,14H2. The molecule has 1 aromatic heterocycles. The fourth-order valence-corrected chi connectivity index (χ4v) is 1.67. The highest BCUT2D eigenvalue weighted by atomic mass is 16.3. The van der Waals surface area contributed by atoms with Gasteiger partial charge in [-0.15, -0.1) is 0 Å². The Bertz CT molecular complexity index is 439. The van der Waals surface area contributed by atoms with E-state index in [2.05, 4.69) is 22.4 Å². The third-order valence-electron chi connectivity index (χ3n) is 2.55. The molecule has 0 radical (unpaired) electrons. The highest BCUT2D eigenvalue weighted by molar-refractivity contribution is 5.22. The van der Waals surface area contributed by atoms with E-state index < -0.39 is 0 Å². The number of rotatable bonds is 6. The van der Waals surface area contributed by atoms with Gasteiger partial charge in [-0.05, 0) is 5.56 Å². The van der Waals surface area contributed by atoms with Crippen LogP contribution in [0.15, 0.2) is 41.1 Å². The first-order chi connectivity index (χ1) is 8.40. The molecule has 17 heavy (non-hydrogen) atoms. The van der Waals surface area contributed by atoms with Gasteiger partial charge in [0.25, 0.3) is 0 Å². The summed E-state index contributed by atoms with van der Waals surface area (Å²) < 4.78 is 5.42. The summed E-state index contributed by atoms with van der Waals surface area (Å²) >= 11 is 0. The molecule has 0 amide bonds. The number of nitrogens with one attached hydrogen (secondary N) is 1. The van der Waals surface area contributed by atoms with Crippen LogP contribution in [-0.4, -0.2) is 18.1 Å². The van der Waals surface area contributed by atoms with Crippen LogP contribution < -0.4 is 11.1 Å². The molecule has 0 spiro atoms. The van der Waals surface area contributed by atoms with Crippen molar-refractivity contribution in [3.63, 3.8) is 0 Å².